The van der Waals surface area contributed by atoms with E-state index in [9.17, 15) is 9.18 Å². The maximum atomic E-state index is 12.9. The number of carboxylic acid groups (broad SMARTS) is 1. The molecule has 0 heterocycles. The molecule has 88 valence electrons. The predicted molar refractivity (Wildman–Crippen MR) is 59.8 cm³/mol. The van der Waals surface area contributed by atoms with Gasteiger partial charge in [-0.15, -0.1) is 0 Å². The van der Waals surface area contributed by atoms with Gasteiger partial charge in [0.1, 0.15) is 5.82 Å². The first kappa shape index (κ1) is 12.6. The molecule has 0 aliphatic heterocycles. The Bertz CT molecular complexity index is 391. The van der Waals surface area contributed by atoms with E-state index in [2.05, 4.69) is 0 Å². The third-order valence-electron chi connectivity index (χ3n) is 2.58. The lowest BCUT2D eigenvalue weighted by Gasteiger charge is -2.24. The molecule has 0 aliphatic rings. The van der Waals surface area contributed by atoms with Gasteiger partial charge >= 0.3 is 5.97 Å². The first-order valence-corrected chi connectivity index (χ1v) is 5.06. The van der Waals surface area contributed by atoms with Crippen molar-refractivity contribution in [1.82, 2.24) is 4.90 Å². The van der Waals surface area contributed by atoms with Crippen LogP contribution in [-0.4, -0.2) is 30.1 Å². The molecule has 0 fully saturated rings. The number of rotatable bonds is 4. The number of nitrogens with zero attached hydrogens (tertiary/aromatic N) is 1. The second kappa shape index (κ2) is 5.07. The van der Waals surface area contributed by atoms with E-state index in [0.717, 1.165) is 11.1 Å². The molecule has 1 aromatic carbocycles. The van der Waals surface area contributed by atoms with Crippen LogP contribution < -0.4 is 0 Å². The highest BCUT2D eigenvalue weighted by molar-refractivity contribution is 5.68. The molecule has 1 unspecified atom stereocenters. The number of aliphatic carboxylic acids is 1. The second-order valence-corrected chi connectivity index (χ2v) is 4.08. The molecule has 0 saturated heterocycles. The summed E-state index contributed by atoms with van der Waals surface area (Å²) in [7, 11) is 3.63. The molecule has 1 rings (SSSR count). The van der Waals surface area contributed by atoms with E-state index in [4.69, 9.17) is 5.11 Å². The van der Waals surface area contributed by atoms with Crippen molar-refractivity contribution in [1.29, 1.82) is 0 Å². The van der Waals surface area contributed by atoms with Crippen molar-refractivity contribution < 1.29 is 14.3 Å². The van der Waals surface area contributed by atoms with Crippen molar-refractivity contribution in [3.8, 4) is 0 Å². The van der Waals surface area contributed by atoms with Crippen LogP contribution in [-0.2, 0) is 4.79 Å². The van der Waals surface area contributed by atoms with Crippen molar-refractivity contribution in [3.63, 3.8) is 0 Å². The molecule has 0 radical (unpaired) electrons. The van der Waals surface area contributed by atoms with Crippen LogP contribution in [0.4, 0.5) is 4.39 Å². The molecule has 0 aromatic heterocycles. The Morgan fingerprint density at radius 1 is 1.50 bits per heavy atom. The molecule has 0 amide bonds. The molecule has 3 nitrogen and oxygen atoms in total. The van der Waals surface area contributed by atoms with Crippen LogP contribution in [0.15, 0.2) is 18.2 Å². The number of halogens is 1. The SMILES string of the molecule is Cc1cc(F)ccc1C(CC(=O)O)N(C)C. The molecule has 1 aromatic rings. The average Bonchev–Trinajstić information content (AvgIpc) is 2.14. The van der Waals surface area contributed by atoms with Gasteiger partial charge in [-0.3, -0.25) is 4.79 Å². The van der Waals surface area contributed by atoms with E-state index in [1.165, 1.54) is 12.1 Å². The van der Waals surface area contributed by atoms with Crippen LogP contribution in [0.2, 0.25) is 0 Å². The van der Waals surface area contributed by atoms with Gasteiger partial charge in [0.25, 0.3) is 0 Å². The van der Waals surface area contributed by atoms with Crippen LogP contribution in [0.25, 0.3) is 0 Å². The minimum absolute atomic E-state index is 0.0134. The maximum absolute atomic E-state index is 12.9. The molecule has 4 heteroatoms. The zero-order chi connectivity index (χ0) is 12.3. The van der Waals surface area contributed by atoms with Gasteiger partial charge in [0, 0.05) is 6.04 Å². The average molecular weight is 225 g/mol. The van der Waals surface area contributed by atoms with E-state index in [0.29, 0.717) is 0 Å². The molecule has 0 aliphatic carbocycles. The first-order valence-electron chi connectivity index (χ1n) is 5.06. The molecule has 0 spiro atoms. The van der Waals surface area contributed by atoms with Crippen LogP contribution in [0, 0.1) is 12.7 Å². The molecule has 0 bridgehead atoms. The summed E-state index contributed by atoms with van der Waals surface area (Å²) in [5, 5.41) is 8.84. The Labute approximate surface area is 94.5 Å². The Morgan fingerprint density at radius 3 is 2.56 bits per heavy atom. The zero-order valence-electron chi connectivity index (χ0n) is 9.70. The second-order valence-electron chi connectivity index (χ2n) is 4.08. The smallest absolute Gasteiger partial charge is 0.305 e. The van der Waals surface area contributed by atoms with Crippen LogP contribution >= 0.6 is 0 Å². The molecular weight excluding hydrogens is 209 g/mol. The summed E-state index contributed by atoms with van der Waals surface area (Å²) in [5.41, 5.74) is 1.63. The Balaban J connectivity index is 3.05. The molecule has 1 N–H and O–H groups in total. The number of carbonyl (C=O) groups is 1. The lowest BCUT2D eigenvalue weighted by atomic mass is 9.98. The summed E-state index contributed by atoms with van der Waals surface area (Å²) >= 11 is 0. The summed E-state index contributed by atoms with van der Waals surface area (Å²) in [4.78, 5) is 12.6. The lowest BCUT2D eigenvalue weighted by molar-refractivity contribution is -0.138. The van der Waals surface area contributed by atoms with Crippen molar-refractivity contribution in [2.45, 2.75) is 19.4 Å². The van der Waals surface area contributed by atoms with Crippen molar-refractivity contribution >= 4 is 5.97 Å². The van der Waals surface area contributed by atoms with Crippen molar-refractivity contribution in [2.75, 3.05) is 14.1 Å². The Kier molecular flexibility index (Phi) is 4.01. The first-order chi connectivity index (χ1) is 7.41. The van der Waals surface area contributed by atoms with E-state index in [1.54, 1.807) is 13.0 Å². The zero-order valence-corrected chi connectivity index (χ0v) is 9.70. The van der Waals surface area contributed by atoms with Crippen LogP contribution in [0.3, 0.4) is 0 Å². The van der Waals surface area contributed by atoms with Crippen LogP contribution in [0.1, 0.15) is 23.6 Å². The fraction of sp³-hybridized carbons (Fsp3) is 0.417. The monoisotopic (exact) mass is 225 g/mol. The number of aryl methyl sites for hydroxylation is 1. The topological polar surface area (TPSA) is 40.5 Å². The fourth-order valence-corrected chi connectivity index (χ4v) is 1.75. The summed E-state index contributed by atoms with van der Waals surface area (Å²) < 4.78 is 12.9. The van der Waals surface area contributed by atoms with E-state index in [1.807, 2.05) is 19.0 Å². The Morgan fingerprint density at radius 2 is 2.12 bits per heavy atom. The van der Waals surface area contributed by atoms with Gasteiger partial charge < -0.3 is 10.0 Å². The predicted octanol–water partition coefficient (Wildman–Crippen LogP) is 2.21. The minimum Gasteiger partial charge on any atom is -0.481 e. The molecular formula is C12H16FNO2. The maximum Gasteiger partial charge on any atom is 0.305 e. The van der Waals surface area contributed by atoms with Crippen molar-refractivity contribution in [2.24, 2.45) is 0 Å². The summed E-state index contributed by atoms with van der Waals surface area (Å²) in [6, 6.07) is 4.21. The number of hydrogen-bond donors (Lipinski definition) is 1. The summed E-state index contributed by atoms with van der Waals surface area (Å²) in [6.07, 6.45) is 0.0134. The largest absolute Gasteiger partial charge is 0.481 e. The molecule has 16 heavy (non-hydrogen) atoms. The van der Waals surface area contributed by atoms with Crippen LogP contribution in [0.5, 0.6) is 0 Å². The van der Waals surface area contributed by atoms with Gasteiger partial charge in [-0.2, -0.15) is 0 Å². The quantitative estimate of drug-likeness (QED) is 0.854. The highest BCUT2D eigenvalue weighted by atomic mass is 19.1. The number of hydrogen-bond acceptors (Lipinski definition) is 2. The third-order valence-corrected chi connectivity index (χ3v) is 2.58. The van der Waals surface area contributed by atoms with Gasteiger partial charge in [-0.25, -0.2) is 4.39 Å². The Hall–Kier alpha value is -1.42. The fourth-order valence-electron chi connectivity index (χ4n) is 1.75. The van der Waals surface area contributed by atoms with Crippen molar-refractivity contribution in [3.05, 3.63) is 35.1 Å². The van der Waals surface area contributed by atoms with E-state index in [-0.39, 0.29) is 18.3 Å². The van der Waals surface area contributed by atoms with Gasteiger partial charge in [0.05, 0.1) is 6.42 Å². The lowest BCUT2D eigenvalue weighted by Crippen LogP contribution is -2.23. The normalized spacial score (nSPS) is 12.8. The van der Waals surface area contributed by atoms with Gasteiger partial charge in [0.15, 0.2) is 0 Å². The minimum atomic E-state index is -0.859. The van der Waals surface area contributed by atoms with E-state index < -0.39 is 5.97 Å². The number of carboxylic acids is 1. The molecule has 0 saturated carbocycles. The highest BCUT2D eigenvalue weighted by Crippen LogP contribution is 2.25. The van der Waals surface area contributed by atoms with Gasteiger partial charge in [-0.1, -0.05) is 6.07 Å². The highest BCUT2D eigenvalue weighted by Gasteiger charge is 2.19. The number of benzene rings is 1. The summed E-state index contributed by atoms with van der Waals surface area (Å²) in [6.45, 7) is 1.79. The standard InChI is InChI=1S/C12H16FNO2/c1-8-6-9(13)4-5-10(8)11(14(2)3)7-12(15)16/h4-6,11H,7H2,1-3H3,(H,15,16). The third kappa shape index (κ3) is 3.03. The van der Waals surface area contributed by atoms with Gasteiger partial charge in [0.2, 0.25) is 0 Å². The molecule has 1 atom stereocenters. The van der Waals surface area contributed by atoms with Gasteiger partial charge in [-0.05, 0) is 44.3 Å². The summed E-state index contributed by atoms with van der Waals surface area (Å²) in [5.74, 6) is -1.16. The van der Waals surface area contributed by atoms with E-state index >= 15 is 0 Å².